The van der Waals surface area contributed by atoms with Crippen LogP contribution in [-0.4, -0.2) is 41.1 Å². The predicted octanol–water partition coefficient (Wildman–Crippen LogP) is 4.21. The topological polar surface area (TPSA) is 92.8 Å². The van der Waals surface area contributed by atoms with Crippen LogP contribution in [0.25, 0.3) is 0 Å². The monoisotopic (exact) mass is 502 g/mol. The van der Waals surface area contributed by atoms with Crippen molar-refractivity contribution in [2.24, 2.45) is 11.8 Å². The Hall–Kier alpha value is -2.90. The molecule has 3 amide bonds. The van der Waals surface area contributed by atoms with Crippen molar-refractivity contribution in [2.75, 3.05) is 16.8 Å². The van der Waals surface area contributed by atoms with Crippen LogP contribution in [-0.2, 0) is 19.1 Å². The molecule has 0 spiro atoms. The van der Waals surface area contributed by atoms with Crippen LogP contribution in [0, 0.1) is 25.7 Å². The highest BCUT2D eigenvalue weighted by atomic mass is 35.5. The maximum Gasteiger partial charge on any atom is 0.338 e. The number of carbonyl (C=O) groups is 4. The summed E-state index contributed by atoms with van der Waals surface area (Å²) in [7, 11) is 0. The number of fused-ring (bicyclic) bond motifs is 1. The first-order valence-electron chi connectivity index (χ1n) is 11.0. The van der Waals surface area contributed by atoms with Crippen molar-refractivity contribution in [3.63, 3.8) is 0 Å². The quantitative estimate of drug-likeness (QED) is 0.375. The summed E-state index contributed by atoms with van der Waals surface area (Å²) in [5, 5.41) is 1.97. The van der Waals surface area contributed by atoms with E-state index in [-0.39, 0.29) is 28.1 Å². The van der Waals surface area contributed by atoms with Crippen LogP contribution in [0.3, 0.4) is 0 Å². The van der Waals surface area contributed by atoms with Gasteiger partial charge in [0, 0.05) is 5.69 Å². The Labute approximate surface area is 207 Å². The highest BCUT2D eigenvalue weighted by molar-refractivity contribution is 6.31. The van der Waals surface area contributed by atoms with Crippen molar-refractivity contribution >= 4 is 58.3 Å². The molecule has 4 rings (SSSR count). The minimum Gasteiger partial charge on any atom is -0.452 e. The molecule has 0 aromatic heterocycles. The van der Waals surface area contributed by atoms with Gasteiger partial charge in [0.1, 0.15) is 0 Å². The van der Waals surface area contributed by atoms with Crippen LogP contribution in [0.5, 0.6) is 0 Å². The largest absolute Gasteiger partial charge is 0.452 e. The molecule has 4 atom stereocenters. The third kappa shape index (κ3) is 4.81. The van der Waals surface area contributed by atoms with Gasteiger partial charge in [-0.2, -0.15) is 0 Å². The zero-order valence-corrected chi connectivity index (χ0v) is 20.2. The van der Waals surface area contributed by atoms with E-state index in [1.54, 1.807) is 6.07 Å². The molecule has 1 aliphatic carbocycles. The number of aryl methyl sites for hydroxylation is 2. The fourth-order valence-electron chi connectivity index (χ4n) is 4.33. The number of hydrogen-bond donors (Lipinski definition) is 1. The van der Waals surface area contributed by atoms with Crippen LogP contribution in [0.15, 0.2) is 42.5 Å². The molecule has 0 radical (unpaired) electrons. The van der Waals surface area contributed by atoms with Gasteiger partial charge in [0.2, 0.25) is 11.8 Å². The van der Waals surface area contributed by atoms with Gasteiger partial charge in [0.05, 0.1) is 33.8 Å². The highest BCUT2D eigenvalue weighted by Gasteiger charge is 2.52. The zero-order valence-electron chi connectivity index (χ0n) is 18.7. The summed E-state index contributed by atoms with van der Waals surface area (Å²) in [4.78, 5) is 51.3. The van der Waals surface area contributed by atoms with Crippen molar-refractivity contribution in [3.05, 3.63) is 59.2 Å². The summed E-state index contributed by atoms with van der Waals surface area (Å²) < 4.78 is 5.10. The summed E-state index contributed by atoms with van der Waals surface area (Å²) in [6.07, 6.45) is 0.714. The molecule has 1 aliphatic heterocycles. The van der Waals surface area contributed by atoms with Crippen LogP contribution in [0.4, 0.5) is 11.4 Å². The number of nitrogens with one attached hydrogen (secondary N) is 1. The molecule has 2 aromatic carbocycles. The predicted molar refractivity (Wildman–Crippen MR) is 129 cm³/mol. The smallest absolute Gasteiger partial charge is 0.338 e. The molecule has 1 N–H and O–H groups in total. The number of carbonyl (C=O) groups excluding carboxylic acids is 4. The van der Waals surface area contributed by atoms with E-state index in [0.717, 1.165) is 16.0 Å². The molecule has 2 aliphatic rings. The van der Waals surface area contributed by atoms with E-state index in [0.29, 0.717) is 24.2 Å². The van der Waals surface area contributed by atoms with Gasteiger partial charge in [0.25, 0.3) is 5.91 Å². The number of halogens is 2. The Bertz CT molecular complexity index is 1120. The van der Waals surface area contributed by atoms with Gasteiger partial charge >= 0.3 is 5.97 Å². The van der Waals surface area contributed by atoms with E-state index in [1.165, 1.54) is 24.3 Å². The molecular weight excluding hydrogens is 479 g/mol. The molecular formula is C25H24Cl2N2O5. The number of ether oxygens (including phenoxy) is 1. The summed E-state index contributed by atoms with van der Waals surface area (Å²) >= 11 is 12.4. The molecule has 2 fully saturated rings. The lowest BCUT2D eigenvalue weighted by molar-refractivity contribution is -0.122. The molecule has 7 nitrogen and oxygen atoms in total. The average molecular weight is 503 g/mol. The summed E-state index contributed by atoms with van der Waals surface area (Å²) in [5.41, 5.74) is 3.33. The van der Waals surface area contributed by atoms with Gasteiger partial charge < -0.3 is 10.1 Å². The first-order chi connectivity index (χ1) is 16.2. The molecule has 1 saturated heterocycles. The number of esters is 1. The second kappa shape index (κ2) is 9.76. The lowest BCUT2D eigenvalue weighted by atomic mass is 9.80. The van der Waals surface area contributed by atoms with E-state index in [4.69, 9.17) is 27.9 Å². The molecule has 178 valence electrons. The second-order valence-electron chi connectivity index (χ2n) is 8.70. The van der Waals surface area contributed by atoms with Crippen LogP contribution in [0.2, 0.25) is 0 Å². The Morgan fingerprint density at radius 3 is 2.09 bits per heavy atom. The third-order valence-electron chi connectivity index (χ3n) is 6.40. The number of hydrogen-bond acceptors (Lipinski definition) is 5. The van der Waals surface area contributed by atoms with Gasteiger partial charge in [-0.05, 0) is 74.2 Å². The standard InChI is InChI=1S/C25H24Cl2N2O5/c1-13-3-6-16(9-14(13)2)28-22(30)12-34-25(33)15-4-7-17(8-5-15)29-23(31)18-10-20(26)21(27)11-19(18)24(29)32/h3-9,18-21H,10-12H2,1-2H3,(H,28,30)/t18-,19-,20+,21+/m1/s1. The zero-order chi connectivity index (χ0) is 24.6. The van der Waals surface area contributed by atoms with E-state index in [9.17, 15) is 19.2 Å². The molecule has 0 unspecified atom stereocenters. The first kappa shape index (κ1) is 24.2. The summed E-state index contributed by atoms with van der Waals surface area (Å²) in [6, 6.07) is 11.4. The average Bonchev–Trinajstić information content (AvgIpc) is 3.04. The Morgan fingerprint density at radius 1 is 0.941 bits per heavy atom. The van der Waals surface area contributed by atoms with Crippen LogP contribution < -0.4 is 10.2 Å². The Morgan fingerprint density at radius 2 is 1.53 bits per heavy atom. The Kier molecular flexibility index (Phi) is 6.96. The third-order valence-corrected chi connectivity index (χ3v) is 7.49. The van der Waals surface area contributed by atoms with Crippen LogP contribution >= 0.6 is 23.2 Å². The maximum atomic E-state index is 12.9. The molecule has 1 saturated carbocycles. The number of anilines is 2. The SMILES string of the molecule is Cc1ccc(NC(=O)COC(=O)c2ccc(N3C(=O)[C@@H]4C[C@H](Cl)[C@@H](Cl)C[C@H]4C3=O)cc2)cc1C. The molecule has 0 bridgehead atoms. The number of imide groups is 1. The van der Waals surface area contributed by atoms with Gasteiger partial charge in [-0.3, -0.25) is 19.3 Å². The van der Waals surface area contributed by atoms with Crippen molar-refractivity contribution in [3.8, 4) is 0 Å². The van der Waals surface area contributed by atoms with Gasteiger partial charge in [-0.15, -0.1) is 23.2 Å². The van der Waals surface area contributed by atoms with E-state index >= 15 is 0 Å². The van der Waals surface area contributed by atoms with Crippen molar-refractivity contribution < 1.29 is 23.9 Å². The van der Waals surface area contributed by atoms with E-state index < -0.39 is 30.3 Å². The highest BCUT2D eigenvalue weighted by Crippen LogP contribution is 2.43. The van der Waals surface area contributed by atoms with E-state index in [1.807, 2.05) is 26.0 Å². The molecule has 9 heteroatoms. The fourth-order valence-corrected chi connectivity index (χ4v) is 4.92. The van der Waals surface area contributed by atoms with Crippen molar-refractivity contribution in [1.29, 1.82) is 0 Å². The summed E-state index contributed by atoms with van der Waals surface area (Å²) in [5.74, 6) is -2.72. The number of nitrogens with zero attached hydrogens (tertiary/aromatic N) is 1. The van der Waals surface area contributed by atoms with Gasteiger partial charge in [0.15, 0.2) is 6.61 Å². The molecule has 2 aromatic rings. The van der Waals surface area contributed by atoms with Crippen LogP contribution in [0.1, 0.15) is 34.3 Å². The first-order valence-corrected chi connectivity index (χ1v) is 11.8. The van der Waals surface area contributed by atoms with Gasteiger partial charge in [-0.25, -0.2) is 4.79 Å². The molecule has 1 heterocycles. The minimum absolute atomic E-state index is 0.195. The van der Waals surface area contributed by atoms with Crippen molar-refractivity contribution in [2.45, 2.75) is 37.4 Å². The number of benzene rings is 2. The number of alkyl halides is 2. The number of rotatable bonds is 5. The molecule has 34 heavy (non-hydrogen) atoms. The fraction of sp³-hybridized carbons (Fsp3) is 0.360. The van der Waals surface area contributed by atoms with E-state index in [2.05, 4.69) is 5.32 Å². The van der Waals surface area contributed by atoms with Crippen molar-refractivity contribution in [1.82, 2.24) is 0 Å². The van der Waals surface area contributed by atoms with Gasteiger partial charge in [-0.1, -0.05) is 6.07 Å². The lowest BCUT2D eigenvalue weighted by Crippen LogP contribution is -2.34. The second-order valence-corrected chi connectivity index (χ2v) is 9.82. The minimum atomic E-state index is -0.690. The lowest BCUT2D eigenvalue weighted by Gasteiger charge is -2.28. The Balaban J connectivity index is 1.36. The summed E-state index contributed by atoms with van der Waals surface area (Å²) in [6.45, 7) is 3.47. The maximum absolute atomic E-state index is 12.9. The normalized spacial score (nSPS) is 24.1. The number of amides is 3.